The number of carbonyl (C=O) groups excluding carboxylic acids is 1. The van der Waals surface area contributed by atoms with Gasteiger partial charge in [0.25, 0.3) is 0 Å². The van der Waals surface area contributed by atoms with Gasteiger partial charge in [0.2, 0.25) is 5.91 Å². The third-order valence-electron chi connectivity index (χ3n) is 7.22. The van der Waals surface area contributed by atoms with Crippen LogP contribution in [0.15, 0.2) is 78.0 Å². The Morgan fingerprint density at radius 2 is 1.80 bits per heavy atom. The summed E-state index contributed by atoms with van der Waals surface area (Å²) < 4.78 is 51.1. The lowest BCUT2D eigenvalue weighted by Gasteiger charge is -2.23. The van der Waals surface area contributed by atoms with Crippen molar-refractivity contribution in [2.24, 2.45) is 4.99 Å². The van der Waals surface area contributed by atoms with Crippen molar-refractivity contribution >= 4 is 45.9 Å². The van der Waals surface area contributed by atoms with E-state index in [1.54, 1.807) is 19.1 Å². The van der Waals surface area contributed by atoms with Gasteiger partial charge < -0.3 is 14.8 Å². The topological polar surface area (TPSA) is 93.9 Å². The molecule has 0 saturated carbocycles. The third-order valence-corrected chi connectivity index (χ3v) is 8.35. The van der Waals surface area contributed by atoms with Crippen LogP contribution in [0.1, 0.15) is 42.5 Å². The number of amides is 1. The summed E-state index contributed by atoms with van der Waals surface area (Å²) >= 11 is 6.93. The van der Waals surface area contributed by atoms with Crippen LogP contribution in [0.5, 0.6) is 5.75 Å². The van der Waals surface area contributed by atoms with Crippen molar-refractivity contribution in [2.45, 2.75) is 32.0 Å². The number of benzene rings is 3. The van der Waals surface area contributed by atoms with Gasteiger partial charge in [-0.2, -0.15) is 18.2 Å². The number of ether oxygens (including phenoxy) is 2. The molecule has 1 saturated heterocycles. The molecule has 5 rings (SSSR count). The first-order chi connectivity index (χ1) is 22.0. The van der Waals surface area contributed by atoms with E-state index in [2.05, 4.69) is 34.2 Å². The molecule has 46 heavy (non-hydrogen) atoms. The second-order valence-corrected chi connectivity index (χ2v) is 12.0. The fourth-order valence-electron chi connectivity index (χ4n) is 4.86. The molecule has 1 amide bonds. The number of aliphatic imine (C=N–C) groups is 1. The van der Waals surface area contributed by atoms with Gasteiger partial charge in [0.05, 0.1) is 42.4 Å². The van der Waals surface area contributed by atoms with E-state index in [-0.39, 0.29) is 35.3 Å². The number of thiocarbonyl (C=S) groups is 1. The Labute approximate surface area is 273 Å². The van der Waals surface area contributed by atoms with Crippen LogP contribution in [0.4, 0.5) is 18.9 Å². The quantitative estimate of drug-likeness (QED) is 0.195. The van der Waals surface area contributed by atoms with E-state index in [0.29, 0.717) is 33.7 Å². The normalized spacial score (nSPS) is 15.1. The summed E-state index contributed by atoms with van der Waals surface area (Å²) in [5.74, 6) is 1.34. The second-order valence-electron chi connectivity index (χ2n) is 10.6. The highest BCUT2D eigenvalue weighted by Crippen LogP contribution is 2.36. The van der Waals surface area contributed by atoms with Crippen molar-refractivity contribution < 1.29 is 27.4 Å². The molecule has 240 valence electrons. The van der Waals surface area contributed by atoms with Gasteiger partial charge in [-0.1, -0.05) is 55.9 Å². The molecular formula is C32H31F3N6O3S2. The van der Waals surface area contributed by atoms with Gasteiger partial charge in [0, 0.05) is 18.7 Å². The van der Waals surface area contributed by atoms with Crippen LogP contribution in [0, 0.1) is 0 Å². The minimum absolute atomic E-state index is 0.0971. The van der Waals surface area contributed by atoms with Crippen LogP contribution in [0.3, 0.4) is 0 Å². The zero-order valence-corrected chi connectivity index (χ0v) is 27.0. The number of hydrogen-bond acceptors (Lipinski definition) is 7. The van der Waals surface area contributed by atoms with Crippen molar-refractivity contribution in [1.29, 1.82) is 0 Å². The number of alkyl halides is 3. The molecule has 1 N–H and O–H groups in total. The van der Waals surface area contributed by atoms with Crippen LogP contribution in [-0.4, -0.2) is 57.5 Å². The number of hydrogen-bond donors (Lipinski definition) is 1. The summed E-state index contributed by atoms with van der Waals surface area (Å²) in [5, 5.41) is 8.33. The first-order valence-electron chi connectivity index (χ1n) is 14.2. The van der Waals surface area contributed by atoms with E-state index in [0.717, 1.165) is 23.3 Å². The highest BCUT2D eigenvalue weighted by molar-refractivity contribution is 8.15. The minimum Gasteiger partial charge on any atom is -0.497 e. The van der Waals surface area contributed by atoms with Gasteiger partial charge in [-0.3, -0.25) is 9.69 Å². The van der Waals surface area contributed by atoms with E-state index >= 15 is 0 Å². The number of amidine groups is 1. The molecule has 2 heterocycles. The van der Waals surface area contributed by atoms with Crippen molar-refractivity contribution in [3.8, 4) is 22.8 Å². The Balaban J connectivity index is 1.32. The van der Waals surface area contributed by atoms with Gasteiger partial charge in [-0.05, 0) is 59.6 Å². The average Bonchev–Trinajstić information content (AvgIpc) is 3.67. The smallest absolute Gasteiger partial charge is 0.416 e. The van der Waals surface area contributed by atoms with Crippen LogP contribution in [-0.2, 0) is 15.7 Å². The van der Waals surface area contributed by atoms with Crippen molar-refractivity contribution in [3.05, 3.63) is 89.7 Å². The van der Waals surface area contributed by atoms with Crippen LogP contribution >= 0.6 is 24.0 Å². The summed E-state index contributed by atoms with van der Waals surface area (Å²) in [7, 11) is 3.16. The van der Waals surface area contributed by atoms with E-state index < -0.39 is 11.7 Å². The zero-order valence-electron chi connectivity index (χ0n) is 25.4. The van der Waals surface area contributed by atoms with E-state index in [9.17, 15) is 18.0 Å². The highest BCUT2D eigenvalue weighted by atomic mass is 32.2. The summed E-state index contributed by atoms with van der Waals surface area (Å²) in [5.41, 5.74) is 2.99. The second kappa shape index (κ2) is 14.0. The number of rotatable bonds is 9. The lowest BCUT2D eigenvalue weighted by molar-refractivity contribution is -0.137. The molecule has 0 radical (unpaired) electrons. The maximum Gasteiger partial charge on any atom is 0.416 e. The lowest BCUT2D eigenvalue weighted by atomic mass is 10.00. The Morgan fingerprint density at radius 1 is 1.09 bits per heavy atom. The predicted molar refractivity (Wildman–Crippen MR) is 177 cm³/mol. The van der Waals surface area contributed by atoms with Gasteiger partial charge in [-0.25, -0.2) is 9.67 Å². The van der Waals surface area contributed by atoms with E-state index in [1.165, 1.54) is 34.9 Å². The van der Waals surface area contributed by atoms with Gasteiger partial charge in [0.15, 0.2) is 16.1 Å². The molecular weight excluding hydrogens is 638 g/mol. The fourth-order valence-corrected chi connectivity index (χ4v) is 6.01. The number of thioether (sulfide) groups is 1. The van der Waals surface area contributed by atoms with Crippen LogP contribution < -0.4 is 15.0 Å². The Kier molecular flexibility index (Phi) is 10.1. The average molecular weight is 669 g/mol. The minimum atomic E-state index is -4.41. The number of nitrogens with zero attached hydrogens (tertiary/aromatic N) is 5. The van der Waals surface area contributed by atoms with Gasteiger partial charge in [-0.15, -0.1) is 5.10 Å². The Morgan fingerprint density at radius 3 is 2.43 bits per heavy atom. The van der Waals surface area contributed by atoms with Crippen LogP contribution in [0.2, 0.25) is 0 Å². The van der Waals surface area contributed by atoms with Gasteiger partial charge in [0.1, 0.15) is 12.1 Å². The SMILES string of the molecule is COCC(NC(=S)N=C1SCC(=O)N1c1cc(OC)ccc1C(C)C)c1ccc(-c2ncn(-c3ccc(C(F)(F)F)cc3)n2)cc1. The fraction of sp³-hybridized carbons (Fsp3) is 0.281. The number of methoxy groups -OCH3 is 2. The molecule has 1 atom stereocenters. The standard InChI is InChI=1S/C32H31F3N6O3S2/c1-19(2)25-14-13-24(44-4)15-27(25)41-28(42)17-46-31(41)38-30(45)37-26(16-43-3)20-5-7-21(8-6-20)29-36-18-40(39-29)23-11-9-22(10-12-23)32(33,34)35/h5-15,18-19,26H,16-17H2,1-4H3,(H,37,45). The number of aromatic nitrogens is 3. The van der Waals surface area contributed by atoms with E-state index in [4.69, 9.17) is 21.7 Å². The largest absolute Gasteiger partial charge is 0.497 e. The maximum absolute atomic E-state index is 13.0. The predicted octanol–water partition coefficient (Wildman–Crippen LogP) is 6.78. The molecule has 3 aromatic carbocycles. The first-order valence-corrected chi connectivity index (χ1v) is 15.6. The lowest BCUT2D eigenvalue weighted by Crippen LogP contribution is -2.34. The van der Waals surface area contributed by atoms with Crippen molar-refractivity contribution in [2.75, 3.05) is 31.5 Å². The molecule has 1 aliphatic rings. The maximum atomic E-state index is 13.0. The van der Waals surface area contributed by atoms with Crippen molar-refractivity contribution in [3.63, 3.8) is 0 Å². The Bertz CT molecular complexity index is 1740. The zero-order chi connectivity index (χ0) is 33.0. The number of nitrogens with one attached hydrogen (secondary N) is 1. The summed E-state index contributed by atoms with van der Waals surface area (Å²) in [4.78, 5) is 23.6. The third kappa shape index (κ3) is 7.40. The molecule has 14 heteroatoms. The molecule has 1 fully saturated rings. The molecule has 0 aliphatic carbocycles. The highest BCUT2D eigenvalue weighted by Gasteiger charge is 2.33. The summed E-state index contributed by atoms with van der Waals surface area (Å²) in [6.45, 7) is 4.40. The van der Waals surface area contributed by atoms with Crippen molar-refractivity contribution in [1.82, 2.24) is 20.1 Å². The molecule has 1 aliphatic heterocycles. The van der Waals surface area contributed by atoms with Gasteiger partial charge >= 0.3 is 6.18 Å². The van der Waals surface area contributed by atoms with Crippen LogP contribution in [0.25, 0.3) is 17.1 Å². The molecule has 9 nitrogen and oxygen atoms in total. The summed E-state index contributed by atoms with van der Waals surface area (Å²) in [6.07, 6.45) is -2.97. The summed E-state index contributed by atoms with van der Waals surface area (Å²) in [6, 6.07) is 17.4. The molecule has 0 spiro atoms. The first kappa shape index (κ1) is 33.1. The van der Waals surface area contributed by atoms with E-state index in [1.807, 2.05) is 42.5 Å². The molecule has 0 bridgehead atoms. The number of anilines is 1. The number of halogens is 3. The molecule has 1 unspecified atom stereocenters. The molecule has 4 aromatic rings. The number of carbonyl (C=O) groups is 1. The monoisotopic (exact) mass is 668 g/mol. The molecule has 1 aromatic heterocycles. The Hall–Kier alpha value is -4.27.